The van der Waals surface area contributed by atoms with Gasteiger partial charge in [-0.05, 0) is 0 Å². The molecule has 0 rings (SSSR count). The van der Waals surface area contributed by atoms with E-state index in [-0.39, 0.29) is 6.15 Å². The molecule has 0 radical (unpaired) electrons. The Hall–Kier alpha value is 0.183. The number of rotatable bonds is 0. The third-order valence-corrected chi connectivity index (χ3v) is 0. The second-order valence-electron chi connectivity index (χ2n) is 0.0609. The van der Waals surface area contributed by atoms with Gasteiger partial charge in [0.15, 0.2) is 0 Å². The predicted molar refractivity (Wildman–Crippen MR) is 10.8 cm³/mol. The van der Waals surface area contributed by atoms with E-state index >= 15 is 0 Å². The first-order chi connectivity index (χ1) is 1.41. The van der Waals surface area contributed by atoms with E-state index < -0.39 is 0 Å². The molecule has 0 heterocycles. The summed E-state index contributed by atoms with van der Waals surface area (Å²) in [5.41, 5.74) is 0. The molecule has 0 spiro atoms. The van der Waals surface area contributed by atoms with Crippen LogP contribution >= 0.6 is 0 Å². The van der Waals surface area contributed by atoms with Crippen molar-refractivity contribution in [3.05, 3.63) is 4.91 Å². The van der Waals surface area contributed by atoms with Crippen molar-refractivity contribution in [3.63, 3.8) is 0 Å². The molecule has 28 valence electrons. The van der Waals surface area contributed by atoms with Crippen molar-refractivity contribution in [2.45, 2.75) is 0 Å². The Kier molecular flexibility index (Phi) is 24.1. The van der Waals surface area contributed by atoms with Crippen LogP contribution in [0.25, 0.3) is 0 Å². The summed E-state index contributed by atoms with van der Waals surface area (Å²) in [6.07, 6.45) is 0. The second kappa shape index (κ2) is 10.8. The summed E-state index contributed by atoms with van der Waals surface area (Å²) in [7, 11) is 0. The fraction of sp³-hybridized carbons (Fsp3) is 0. The third kappa shape index (κ3) is 90.9. The monoisotopic (exact) mass is 150 g/mol. The van der Waals surface area contributed by atoms with Crippen LogP contribution < -0.4 is 6.15 Å². The van der Waals surface area contributed by atoms with E-state index in [4.69, 9.17) is 4.91 Å². The van der Waals surface area contributed by atoms with E-state index in [1.165, 1.54) is 0 Å². The van der Waals surface area contributed by atoms with E-state index in [2.05, 4.69) is 3.92 Å². The number of nitroso groups, excluding NO2 is 1. The van der Waals surface area contributed by atoms with Crippen LogP contribution in [-0.4, -0.2) is 0 Å². The van der Waals surface area contributed by atoms with E-state index in [0.717, 1.165) is 0 Å². The van der Waals surface area contributed by atoms with Crippen molar-refractivity contribution < 1.29 is 18.5 Å². The molecule has 3 N–H and O–H groups in total. The molecular formula is H3N2ORh. The topological polar surface area (TPSA) is 64.4 Å². The summed E-state index contributed by atoms with van der Waals surface area (Å²) in [5, 5.41) is 0. The molecule has 0 unspecified atom stereocenters. The SMILES string of the molecule is N.O=[N][Rh]. The van der Waals surface area contributed by atoms with E-state index in [1.807, 2.05) is 0 Å². The first-order valence-corrected chi connectivity index (χ1v) is 1.06. The predicted octanol–water partition coefficient (Wildman–Crippen LogP) is 0.377. The van der Waals surface area contributed by atoms with Gasteiger partial charge in [0.2, 0.25) is 0 Å². The number of hydrogen-bond acceptors (Lipinski definition) is 3. The summed E-state index contributed by atoms with van der Waals surface area (Å²) < 4.78 is 2.14. The Morgan fingerprint density at radius 2 is 1.75 bits per heavy atom. The van der Waals surface area contributed by atoms with Crippen molar-refractivity contribution in [3.8, 4) is 0 Å². The molecule has 0 aromatic carbocycles. The van der Waals surface area contributed by atoms with Crippen LogP contribution in [0.1, 0.15) is 0 Å². The van der Waals surface area contributed by atoms with Crippen LogP contribution in [0.5, 0.6) is 0 Å². The molecule has 4 heavy (non-hydrogen) atoms. The molecule has 4 heteroatoms. The fourth-order valence-electron chi connectivity index (χ4n) is 0. The summed E-state index contributed by atoms with van der Waals surface area (Å²) in [5.74, 6) is 0. The van der Waals surface area contributed by atoms with Crippen molar-refractivity contribution in [2.75, 3.05) is 0 Å². The van der Waals surface area contributed by atoms with Gasteiger partial charge < -0.3 is 6.15 Å². The van der Waals surface area contributed by atoms with Crippen LogP contribution in [0.3, 0.4) is 0 Å². The molecule has 0 fully saturated rings. The van der Waals surface area contributed by atoms with Crippen LogP contribution in [0.15, 0.2) is 3.92 Å². The van der Waals surface area contributed by atoms with Gasteiger partial charge >= 0.3 is 27.4 Å². The molecule has 0 aromatic heterocycles. The molecule has 0 aliphatic heterocycles. The van der Waals surface area contributed by atoms with Crippen molar-refractivity contribution in [1.29, 1.82) is 0 Å². The summed E-state index contributed by atoms with van der Waals surface area (Å²) in [6, 6.07) is 0. The van der Waals surface area contributed by atoms with E-state index in [9.17, 15) is 0 Å². The zero-order valence-corrected chi connectivity index (χ0v) is 3.53. The van der Waals surface area contributed by atoms with Gasteiger partial charge in [0.05, 0.1) is 0 Å². The minimum atomic E-state index is 0. The van der Waals surface area contributed by atoms with Crippen molar-refractivity contribution in [2.24, 2.45) is 3.92 Å². The van der Waals surface area contributed by atoms with Gasteiger partial charge in [-0.25, -0.2) is 0 Å². The van der Waals surface area contributed by atoms with Gasteiger partial charge in [-0.2, -0.15) is 0 Å². The first-order valence-electron chi connectivity index (χ1n) is 0.332. The molecule has 0 atom stereocenters. The quantitative estimate of drug-likeness (QED) is 0.400. The van der Waals surface area contributed by atoms with Gasteiger partial charge in [-0.1, -0.05) is 0 Å². The average Bonchev–Trinajstić information content (AvgIpc) is 0.918. The molecule has 0 aliphatic rings. The molecule has 0 saturated carbocycles. The van der Waals surface area contributed by atoms with Gasteiger partial charge in [-0.3, -0.25) is 0 Å². The van der Waals surface area contributed by atoms with Crippen LogP contribution in [0.2, 0.25) is 0 Å². The number of nitrogens with zero attached hydrogens (tertiary/aromatic N) is 1. The zero-order valence-electron chi connectivity index (χ0n) is 1.90. The van der Waals surface area contributed by atoms with Gasteiger partial charge in [-0.15, -0.1) is 0 Å². The van der Waals surface area contributed by atoms with Crippen LogP contribution in [-0.2, 0) is 18.5 Å². The second-order valence-corrected chi connectivity index (χ2v) is 0.360. The molecule has 0 amide bonds. The molecule has 0 saturated heterocycles. The van der Waals surface area contributed by atoms with Crippen LogP contribution in [0, 0.1) is 4.91 Å². The van der Waals surface area contributed by atoms with E-state index in [1.54, 1.807) is 18.5 Å². The third-order valence-electron chi connectivity index (χ3n) is 0. The van der Waals surface area contributed by atoms with Gasteiger partial charge in [0.1, 0.15) is 0 Å². The summed E-state index contributed by atoms with van der Waals surface area (Å²) >= 11 is 1.79. The Bertz CT molecular complexity index is 13.5. The molecule has 0 aliphatic carbocycles. The Labute approximate surface area is 34.3 Å². The Morgan fingerprint density at radius 3 is 1.75 bits per heavy atom. The molecule has 0 aromatic rings. The number of hydrogen-bond donors (Lipinski definition) is 1. The average molecular weight is 150 g/mol. The molecule has 3 nitrogen and oxygen atoms in total. The van der Waals surface area contributed by atoms with Crippen molar-refractivity contribution >= 4 is 0 Å². The molecule has 0 bridgehead atoms. The minimum absolute atomic E-state index is 0. The standard InChI is InChI=1S/NO.H3N.Rh/c1-2;;/h;1H3;/q-1;;+1. The Balaban J connectivity index is 0. The summed E-state index contributed by atoms with van der Waals surface area (Å²) in [4.78, 5) is 8.51. The fourth-order valence-corrected chi connectivity index (χ4v) is 0. The van der Waals surface area contributed by atoms with Crippen LogP contribution in [0.4, 0.5) is 0 Å². The Morgan fingerprint density at radius 1 is 1.75 bits per heavy atom. The van der Waals surface area contributed by atoms with Gasteiger partial charge in [0.25, 0.3) is 0 Å². The van der Waals surface area contributed by atoms with Gasteiger partial charge in [0, 0.05) is 0 Å². The summed E-state index contributed by atoms with van der Waals surface area (Å²) in [6.45, 7) is 0. The van der Waals surface area contributed by atoms with Crippen molar-refractivity contribution in [1.82, 2.24) is 6.15 Å². The van der Waals surface area contributed by atoms with E-state index in [0.29, 0.717) is 0 Å². The normalized spacial score (nSPS) is 3.50. The molecular weight excluding hydrogens is 147 g/mol. The first kappa shape index (κ1) is 8.89. The maximum atomic E-state index is 8.51. The maximum absolute atomic E-state index is 8.51. The zero-order chi connectivity index (χ0) is 2.71.